The van der Waals surface area contributed by atoms with Crippen LogP contribution in [0.3, 0.4) is 0 Å². The number of hydrogen-bond acceptors (Lipinski definition) is 2. The molecule has 2 nitrogen and oxygen atoms in total. The second-order valence-electron chi connectivity index (χ2n) is 4.24. The summed E-state index contributed by atoms with van der Waals surface area (Å²) in [5, 5.41) is 9.99. The molecule has 1 aromatic carbocycles. The van der Waals surface area contributed by atoms with Gasteiger partial charge in [0.2, 0.25) is 0 Å². The molecule has 0 heterocycles. The Morgan fingerprint density at radius 1 is 1.53 bits per heavy atom. The Balaban J connectivity index is 3.12. The van der Waals surface area contributed by atoms with Crippen LogP contribution in [0.25, 0.3) is 0 Å². The molecule has 1 atom stereocenters. The van der Waals surface area contributed by atoms with Crippen LogP contribution in [-0.2, 0) is 0 Å². The summed E-state index contributed by atoms with van der Waals surface area (Å²) in [6.07, 6.45) is -0.957. The van der Waals surface area contributed by atoms with Crippen molar-refractivity contribution in [2.45, 2.75) is 20.0 Å². The van der Waals surface area contributed by atoms with E-state index in [0.717, 1.165) is 0 Å². The summed E-state index contributed by atoms with van der Waals surface area (Å²) >= 11 is 5.63. The van der Waals surface area contributed by atoms with Gasteiger partial charge in [0.05, 0.1) is 11.1 Å². The zero-order chi connectivity index (χ0) is 11.6. The fourth-order valence-electron chi connectivity index (χ4n) is 1.26. The van der Waals surface area contributed by atoms with E-state index < -0.39 is 17.3 Å². The molecule has 15 heavy (non-hydrogen) atoms. The highest BCUT2D eigenvalue weighted by Gasteiger charge is 2.30. The molecule has 3 N–H and O–H groups in total. The molecule has 0 bridgehead atoms. The molecule has 1 unspecified atom stereocenters. The highest BCUT2D eigenvalue weighted by molar-refractivity contribution is 6.30. The molecule has 0 aliphatic rings. The van der Waals surface area contributed by atoms with E-state index in [-0.39, 0.29) is 17.1 Å². The molecule has 4 heteroatoms. The Labute approximate surface area is 93.9 Å². The topological polar surface area (TPSA) is 46.2 Å². The molecule has 0 saturated heterocycles. The van der Waals surface area contributed by atoms with E-state index in [1.54, 1.807) is 19.9 Å². The zero-order valence-electron chi connectivity index (χ0n) is 8.80. The minimum Gasteiger partial charge on any atom is -0.388 e. The highest BCUT2D eigenvalue weighted by atomic mass is 35.5. The van der Waals surface area contributed by atoms with Crippen molar-refractivity contribution < 1.29 is 9.50 Å². The number of nitrogens with two attached hydrogens (primary N) is 1. The zero-order valence-corrected chi connectivity index (χ0v) is 9.55. The Morgan fingerprint density at radius 2 is 2.13 bits per heavy atom. The van der Waals surface area contributed by atoms with Crippen molar-refractivity contribution in [3.63, 3.8) is 0 Å². The van der Waals surface area contributed by atoms with Gasteiger partial charge in [-0.05, 0) is 6.07 Å². The van der Waals surface area contributed by atoms with Crippen LogP contribution in [0.4, 0.5) is 4.39 Å². The van der Waals surface area contributed by atoms with Gasteiger partial charge in [-0.3, -0.25) is 0 Å². The molecule has 0 saturated carbocycles. The summed E-state index contributed by atoms with van der Waals surface area (Å²) in [5.74, 6) is -0.576. The molecule has 0 aliphatic carbocycles. The number of hydrogen-bond donors (Lipinski definition) is 2. The molecule has 0 aliphatic heterocycles. The predicted molar refractivity (Wildman–Crippen MR) is 59.2 cm³/mol. The van der Waals surface area contributed by atoms with Crippen LogP contribution in [-0.4, -0.2) is 11.7 Å². The lowest BCUT2D eigenvalue weighted by atomic mass is 9.82. The second-order valence-corrected chi connectivity index (χ2v) is 4.65. The van der Waals surface area contributed by atoms with Gasteiger partial charge in [-0.2, -0.15) is 0 Å². The third-order valence-corrected chi connectivity index (χ3v) is 2.83. The molecular formula is C11H15ClFNO. The highest BCUT2D eigenvalue weighted by Crippen LogP contribution is 2.35. The lowest BCUT2D eigenvalue weighted by Crippen LogP contribution is -2.31. The molecule has 1 aromatic rings. The van der Waals surface area contributed by atoms with Gasteiger partial charge in [0.1, 0.15) is 5.82 Å². The first kappa shape index (κ1) is 12.4. The second kappa shape index (κ2) is 4.47. The number of halogens is 2. The van der Waals surface area contributed by atoms with Crippen LogP contribution in [0.2, 0.25) is 5.02 Å². The van der Waals surface area contributed by atoms with Gasteiger partial charge in [0.25, 0.3) is 0 Å². The van der Waals surface area contributed by atoms with Crippen LogP contribution in [0.15, 0.2) is 18.2 Å². The van der Waals surface area contributed by atoms with E-state index >= 15 is 0 Å². The van der Waals surface area contributed by atoms with Crippen LogP contribution in [0, 0.1) is 11.2 Å². The summed E-state index contributed by atoms with van der Waals surface area (Å²) in [6, 6.07) is 4.57. The first-order valence-corrected chi connectivity index (χ1v) is 5.10. The van der Waals surface area contributed by atoms with Crippen molar-refractivity contribution in [1.82, 2.24) is 0 Å². The molecule has 1 rings (SSSR count). The quantitative estimate of drug-likeness (QED) is 0.840. The minimum absolute atomic E-state index is 0.0133. The Hall–Kier alpha value is -0.640. The number of benzene rings is 1. The fraction of sp³-hybridized carbons (Fsp3) is 0.455. The van der Waals surface area contributed by atoms with Crippen LogP contribution >= 0.6 is 11.6 Å². The molecule has 0 amide bonds. The van der Waals surface area contributed by atoms with Crippen molar-refractivity contribution in [3.05, 3.63) is 34.6 Å². The maximum absolute atomic E-state index is 13.6. The summed E-state index contributed by atoms with van der Waals surface area (Å²) in [7, 11) is 0. The lowest BCUT2D eigenvalue weighted by molar-refractivity contribution is 0.0525. The monoisotopic (exact) mass is 231 g/mol. The Morgan fingerprint density at radius 3 is 2.67 bits per heavy atom. The molecule has 0 fully saturated rings. The molecule has 0 spiro atoms. The van der Waals surface area contributed by atoms with Crippen molar-refractivity contribution in [3.8, 4) is 0 Å². The van der Waals surface area contributed by atoms with Crippen molar-refractivity contribution in [2.75, 3.05) is 6.54 Å². The maximum Gasteiger partial charge on any atom is 0.147 e. The lowest BCUT2D eigenvalue weighted by Gasteiger charge is -2.29. The number of rotatable bonds is 3. The van der Waals surface area contributed by atoms with Crippen molar-refractivity contribution in [1.29, 1.82) is 0 Å². The maximum atomic E-state index is 13.6. The average molecular weight is 232 g/mol. The van der Waals surface area contributed by atoms with Gasteiger partial charge in [0, 0.05) is 17.5 Å². The summed E-state index contributed by atoms with van der Waals surface area (Å²) < 4.78 is 13.6. The van der Waals surface area contributed by atoms with Crippen molar-refractivity contribution in [2.24, 2.45) is 11.1 Å². The number of aliphatic hydroxyl groups is 1. The summed E-state index contributed by atoms with van der Waals surface area (Å²) in [6.45, 7) is 3.82. The minimum atomic E-state index is -0.957. The van der Waals surface area contributed by atoms with Gasteiger partial charge in [-0.1, -0.05) is 37.6 Å². The van der Waals surface area contributed by atoms with E-state index in [1.807, 2.05) is 0 Å². The Kier molecular flexibility index (Phi) is 3.71. The standard InChI is InChI=1S/C11H15ClFNO/c1-11(2,6-14)10(15)7-4-3-5-8(12)9(7)13/h3-5,10,15H,6,14H2,1-2H3. The van der Waals surface area contributed by atoms with E-state index in [4.69, 9.17) is 17.3 Å². The van der Waals surface area contributed by atoms with E-state index in [2.05, 4.69) is 0 Å². The fourth-order valence-corrected chi connectivity index (χ4v) is 1.45. The van der Waals surface area contributed by atoms with Crippen LogP contribution < -0.4 is 5.73 Å². The van der Waals surface area contributed by atoms with E-state index in [0.29, 0.717) is 0 Å². The molecule has 84 valence electrons. The first-order valence-electron chi connectivity index (χ1n) is 4.72. The Bertz CT molecular complexity index is 354. The van der Waals surface area contributed by atoms with Crippen LogP contribution in [0.1, 0.15) is 25.5 Å². The average Bonchev–Trinajstić information content (AvgIpc) is 2.21. The third kappa shape index (κ3) is 2.48. The third-order valence-electron chi connectivity index (χ3n) is 2.54. The largest absolute Gasteiger partial charge is 0.388 e. The predicted octanol–water partition coefficient (Wildman–Crippen LogP) is 2.50. The first-order chi connectivity index (χ1) is 6.90. The van der Waals surface area contributed by atoms with Crippen LogP contribution in [0.5, 0.6) is 0 Å². The van der Waals surface area contributed by atoms with Gasteiger partial charge in [0.15, 0.2) is 0 Å². The smallest absolute Gasteiger partial charge is 0.147 e. The van der Waals surface area contributed by atoms with Gasteiger partial charge < -0.3 is 10.8 Å². The van der Waals surface area contributed by atoms with Gasteiger partial charge in [-0.15, -0.1) is 0 Å². The molecular weight excluding hydrogens is 217 g/mol. The van der Waals surface area contributed by atoms with Crippen molar-refractivity contribution >= 4 is 11.6 Å². The van der Waals surface area contributed by atoms with Gasteiger partial charge >= 0.3 is 0 Å². The van der Waals surface area contributed by atoms with Gasteiger partial charge in [-0.25, -0.2) is 4.39 Å². The van der Waals surface area contributed by atoms with E-state index in [9.17, 15) is 9.50 Å². The molecule has 0 radical (unpaired) electrons. The summed E-state index contributed by atoms with van der Waals surface area (Å²) in [5.41, 5.74) is 5.13. The molecule has 0 aromatic heterocycles. The van der Waals surface area contributed by atoms with E-state index in [1.165, 1.54) is 12.1 Å². The summed E-state index contributed by atoms with van der Waals surface area (Å²) in [4.78, 5) is 0. The SMILES string of the molecule is CC(C)(CN)C(O)c1cccc(Cl)c1F. The normalized spacial score (nSPS) is 14.0. The number of aliphatic hydroxyl groups excluding tert-OH is 1.